The van der Waals surface area contributed by atoms with Gasteiger partial charge in [-0.2, -0.15) is 0 Å². The molecule has 1 heteroatoms. The van der Waals surface area contributed by atoms with Gasteiger partial charge in [-0.15, -0.1) is 0 Å². The summed E-state index contributed by atoms with van der Waals surface area (Å²) in [4.78, 5) is 0. The summed E-state index contributed by atoms with van der Waals surface area (Å²) in [6.07, 6.45) is 3.40. The van der Waals surface area contributed by atoms with E-state index >= 15 is 0 Å². The Kier molecular flexibility index (Phi) is 2.36. The van der Waals surface area contributed by atoms with Gasteiger partial charge in [0.25, 0.3) is 0 Å². The molecule has 1 aromatic rings. The van der Waals surface area contributed by atoms with Gasteiger partial charge in [0.05, 0.1) is 5.60 Å². The molecule has 0 bridgehead atoms. The lowest BCUT2D eigenvalue weighted by molar-refractivity contribution is 0.0331. The maximum atomic E-state index is 10.3. The van der Waals surface area contributed by atoms with Crippen LogP contribution in [0.15, 0.2) is 24.3 Å². The van der Waals surface area contributed by atoms with E-state index in [9.17, 15) is 5.11 Å². The van der Waals surface area contributed by atoms with E-state index in [1.54, 1.807) is 0 Å². The van der Waals surface area contributed by atoms with Crippen LogP contribution in [0.2, 0.25) is 0 Å². The van der Waals surface area contributed by atoms with Crippen molar-refractivity contribution in [1.29, 1.82) is 0 Å². The fraction of sp³-hybridized carbons (Fsp3) is 0.538. The van der Waals surface area contributed by atoms with Crippen molar-refractivity contribution in [2.45, 2.75) is 38.7 Å². The van der Waals surface area contributed by atoms with Crippen LogP contribution in [0.5, 0.6) is 0 Å². The van der Waals surface area contributed by atoms with Gasteiger partial charge >= 0.3 is 0 Å². The van der Waals surface area contributed by atoms with E-state index in [4.69, 9.17) is 0 Å². The SMILES string of the molecule is CCc1ccc(C(C)(O)C2CC2)cc1. The number of benzene rings is 1. The van der Waals surface area contributed by atoms with Crippen molar-refractivity contribution in [3.63, 3.8) is 0 Å². The molecule has 0 saturated heterocycles. The van der Waals surface area contributed by atoms with Gasteiger partial charge in [0, 0.05) is 0 Å². The van der Waals surface area contributed by atoms with Crippen LogP contribution in [-0.4, -0.2) is 5.11 Å². The van der Waals surface area contributed by atoms with Gasteiger partial charge in [-0.05, 0) is 43.2 Å². The van der Waals surface area contributed by atoms with Crippen LogP contribution in [0.3, 0.4) is 0 Å². The lowest BCUT2D eigenvalue weighted by Gasteiger charge is -2.23. The molecule has 1 N–H and O–H groups in total. The van der Waals surface area contributed by atoms with E-state index in [1.807, 2.05) is 6.92 Å². The van der Waals surface area contributed by atoms with Crippen molar-refractivity contribution in [2.75, 3.05) is 0 Å². The standard InChI is InChI=1S/C13H18O/c1-3-10-4-6-11(7-5-10)13(2,14)12-8-9-12/h4-7,12,14H,3,8-9H2,1-2H3. The summed E-state index contributed by atoms with van der Waals surface area (Å²) in [5, 5.41) is 10.3. The van der Waals surface area contributed by atoms with E-state index in [1.165, 1.54) is 18.4 Å². The normalized spacial score (nSPS) is 20.5. The minimum atomic E-state index is -0.605. The second-order valence-corrected chi connectivity index (χ2v) is 4.47. The van der Waals surface area contributed by atoms with E-state index in [2.05, 4.69) is 31.2 Å². The van der Waals surface area contributed by atoms with E-state index in [0.717, 1.165) is 12.0 Å². The van der Waals surface area contributed by atoms with E-state index < -0.39 is 5.60 Å². The van der Waals surface area contributed by atoms with Crippen molar-refractivity contribution < 1.29 is 5.11 Å². The van der Waals surface area contributed by atoms with Crippen LogP contribution >= 0.6 is 0 Å². The highest BCUT2D eigenvalue weighted by atomic mass is 16.3. The third-order valence-corrected chi connectivity index (χ3v) is 3.32. The Morgan fingerprint density at radius 2 is 1.86 bits per heavy atom. The molecule has 1 fully saturated rings. The second-order valence-electron chi connectivity index (χ2n) is 4.47. The first-order valence-corrected chi connectivity index (χ1v) is 5.46. The summed E-state index contributed by atoms with van der Waals surface area (Å²) in [5.41, 5.74) is 1.80. The minimum Gasteiger partial charge on any atom is -0.385 e. The smallest absolute Gasteiger partial charge is 0.0896 e. The molecule has 0 aliphatic heterocycles. The molecule has 1 unspecified atom stereocenters. The highest BCUT2D eigenvalue weighted by Crippen LogP contribution is 2.45. The highest BCUT2D eigenvalue weighted by molar-refractivity contribution is 5.28. The molecule has 0 amide bonds. The summed E-state index contributed by atoms with van der Waals surface area (Å²) < 4.78 is 0. The number of hydrogen-bond donors (Lipinski definition) is 1. The van der Waals surface area contributed by atoms with Gasteiger partial charge in [-0.3, -0.25) is 0 Å². The van der Waals surface area contributed by atoms with Gasteiger partial charge in [0.1, 0.15) is 0 Å². The van der Waals surface area contributed by atoms with E-state index in [0.29, 0.717) is 5.92 Å². The molecular formula is C13H18O. The Morgan fingerprint density at radius 3 is 2.29 bits per heavy atom. The fourth-order valence-electron chi connectivity index (χ4n) is 1.96. The monoisotopic (exact) mass is 190 g/mol. The molecule has 1 aliphatic carbocycles. The van der Waals surface area contributed by atoms with Crippen LogP contribution < -0.4 is 0 Å². The molecule has 1 atom stereocenters. The van der Waals surface area contributed by atoms with Crippen molar-refractivity contribution in [1.82, 2.24) is 0 Å². The van der Waals surface area contributed by atoms with Crippen molar-refractivity contribution in [2.24, 2.45) is 5.92 Å². The molecule has 76 valence electrons. The maximum Gasteiger partial charge on any atom is 0.0896 e. The highest BCUT2D eigenvalue weighted by Gasteiger charge is 2.40. The molecule has 0 radical (unpaired) electrons. The third-order valence-electron chi connectivity index (χ3n) is 3.32. The number of aliphatic hydroxyl groups is 1. The molecule has 0 spiro atoms. The summed E-state index contributed by atoms with van der Waals surface area (Å²) in [6, 6.07) is 8.37. The summed E-state index contributed by atoms with van der Waals surface area (Å²) in [7, 11) is 0. The molecule has 1 nitrogen and oxygen atoms in total. The first kappa shape index (κ1) is 9.72. The van der Waals surface area contributed by atoms with Gasteiger partial charge < -0.3 is 5.11 Å². The molecule has 1 saturated carbocycles. The predicted molar refractivity (Wildman–Crippen MR) is 58.1 cm³/mol. The van der Waals surface area contributed by atoms with Crippen molar-refractivity contribution in [3.05, 3.63) is 35.4 Å². The van der Waals surface area contributed by atoms with Crippen LogP contribution in [0.1, 0.15) is 37.8 Å². The van der Waals surface area contributed by atoms with Crippen LogP contribution in [0.4, 0.5) is 0 Å². The summed E-state index contributed by atoms with van der Waals surface area (Å²) in [5.74, 6) is 0.481. The number of hydrogen-bond acceptors (Lipinski definition) is 1. The average Bonchev–Trinajstić information content (AvgIpc) is 3.01. The molecule has 0 aromatic heterocycles. The lowest BCUT2D eigenvalue weighted by Crippen LogP contribution is -2.23. The predicted octanol–water partition coefficient (Wildman–Crippen LogP) is 2.87. The Hall–Kier alpha value is -0.820. The van der Waals surface area contributed by atoms with Gasteiger partial charge in [0.2, 0.25) is 0 Å². The quantitative estimate of drug-likeness (QED) is 0.777. The van der Waals surface area contributed by atoms with Crippen LogP contribution in [0.25, 0.3) is 0 Å². The van der Waals surface area contributed by atoms with E-state index in [-0.39, 0.29) is 0 Å². The van der Waals surface area contributed by atoms with Crippen molar-refractivity contribution in [3.8, 4) is 0 Å². The zero-order chi connectivity index (χ0) is 10.2. The molecule has 1 aliphatic rings. The van der Waals surface area contributed by atoms with Crippen LogP contribution in [-0.2, 0) is 12.0 Å². The fourth-order valence-corrected chi connectivity index (χ4v) is 1.96. The first-order valence-electron chi connectivity index (χ1n) is 5.46. The summed E-state index contributed by atoms with van der Waals surface area (Å²) >= 11 is 0. The third kappa shape index (κ3) is 1.69. The molecule has 0 heterocycles. The Labute approximate surface area is 85.8 Å². The summed E-state index contributed by atoms with van der Waals surface area (Å²) in [6.45, 7) is 4.08. The molecule has 14 heavy (non-hydrogen) atoms. The number of aryl methyl sites for hydroxylation is 1. The maximum absolute atomic E-state index is 10.3. The first-order chi connectivity index (χ1) is 6.64. The zero-order valence-corrected chi connectivity index (χ0v) is 8.96. The zero-order valence-electron chi connectivity index (χ0n) is 8.96. The van der Waals surface area contributed by atoms with Crippen LogP contribution in [0, 0.1) is 5.92 Å². The Morgan fingerprint density at radius 1 is 1.29 bits per heavy atom. The van der Waals surface area contributed by atoms with Gasteiger partial charge in [0.15, 0.2) is 0 Å². The molecular weight excluding hydrogens is 172 g/mol. The van der Waals surface area contributed by atoms with Gasteiger partial charge in [-0.1, -0.05) is 31.2 Å². The number of rotatable bonds is 3. The average molecular weight is 190 g/mol. The second kappa shape index (κ2) is 3.39. The largest absolute Gasteiger partial charge is 0.385 e. The Bertz CT molecular complexity index is 307. The van der Waals surface area contributed by atoms with Gasteiger partial charge in [-0.25, -0.2) is 0 Å². The minimum absolute atomic E-state index is 0.481. The van der Waals surface area contributed by atoms with Crippen molar-refractivity contribution >= 4 is 0 Å². The molecule has 1 aromatic carbocycles. The Balaban J connectivity index is 2.23. The lowest BCUT2D eigenvalue weighted by atomic mass is 9.90. The topological polar surface area (TPSA) is 20.2 Å². The molecule has 2 rings (SSSR count).